The van der Waals surface area contributed by atoms with E-state index in [-0.39, 0.29) is 0 Å². The fourth-order valence-corrected chi connectivity index (χ4v) is 2.41. The predicted molar refractivity (Wildman–Crippen MR) is 82.7 cm³/mol. The molecule has 0 unspecified atom stereocenters. The van der Waals surface area contributed by atoms with Crippen LogP contribution < -0.4 is 4.74 Å². The molecule has 3 rings (SSSR count). The summed E-state index contributed by atoms with van der Waals surface area (Å²) >= 11 is 0. The van der Waals surface area contributed by atoms with Crippen molar-refractivity contribution in [3.8, 4) is 5.75 Å². The predicted octanol–water partition coefficient (Wildman–Crippen LogP) is 3.59. The Labute approximate surface area is 120 Å². The molecule has 1 aliphatic rings. The minimum absolute atomic E-state index is 0.655. The zero-order valence-corrected chi connectivity index (χ0v) is 11.8. The Morgan fingerprint density at radius 2 is 1.75 bits per heavy atom. The summed E-state index contributed by atoms with van der Waals surface area (Å²) in [6, 6.07) is 18.8. The zero-order chi connectivity index (χ0) is 13.8. The Balaban J connectivity index is 1.66. The van der Waals surface area contributed by atoms with Gasteiger partial charge in [0.2, 0.25) is 0 Å². The van der Waals surface area contributed by atoms with Crippen molar-refractivity contribution in [3.63, 3.8) is 0 Å². The Morgan fingerprint density at radius 3 is 2.60 bits per heavy atom. The highest BCUT2D eigenvalue weighted by Gasteiger charge is 2.13. The van der Waals surface area contributed by atoms with Gasteiger partial charge in [0.05, 0.1) is 5.70 Å². The molecule has 1 aliphatic heterocycles. The second kappa shape index (κ2) is 5.83. The zero-order valence-electron chi connectivity index (χ0n) is 11.8. The second-order valence-electron chi connectivity index (χ2n) is 5.12. The summed E-state index contributed by atoms with van der Waals surface area (Å²) in [5, 5.41) is 0. The lowest BCUT2D eigenvalue weighted by atomic mass is 10.1. The molecular formula is C18H19NO. The minimum Gasteiger partial charge on any atom is -0.487 e. The summed E-state index contributed by atoms with van der Waals surface area (Å²) in [5.74, 6) is 0.979. The molecule has 0 aromatic heterocycles. The molecule has 0 saturated carbocycles. The van der Waals surface area contributed by atoms with Crippen molar-refractivity contribution in [1.29, 1.82) is 0 Å². The number of hydrogen-bond acceptors (Lipinski definition) is 2. The minimum atomic E-state index is 0.655. The highest BCUT2D eigenvalue weighted by molar-refractivity contribution is 5.61. The van der Waals surface area contributed by atoms with E-state index in [9.17, 15) is 0 Å². The first-order chi connectivity index (χ1) is 9.83. The van der Waals surface area contributed by atoms with Gasteiger partial charge in [-0.1, -0.05) is 48.5 Å². The third kappa shape index (κ3) is 2.85. The van der Waals surface area contributed by atoms with Crippen molar-refractivity contribution in [1.82, 2.24) is 4.90 Å². The van der Waals surface area contributed by atoms with Crippen LogP contribution in [0.3, 0.4) is 0 Å². The van der Waals surface area contributed by atoms with Gasteiger partial charge >= 0.3 is 0 Å². The quantitative estimate of drug-likeness (QED) is 0.837. The fourth-order valence-electron chi connectivity index (χ4n) is 2.41. The van der Waals surface area contributed by atoms with Gasteiger partial charge in [-0.2, -0.15) is 0 Å². The lowest BCUT2D eigenvalue weighted by Gasteiger charge is -2.26. The number of benzene rings is 2. The average Bonchev–Trinajstić information content (AvgIpc) is 2.53. The molecule has 0 fully saturated rings. The fraction of sp³-hybridized carbons (Fsp3) is 0.222. The monoisotopic (exact) mass is 265 g/mol. The summed E-state index contributed by atoms with van der Waals surface area (Å²) < 4.78 is 5.80. The lowest BCUT2D eigenvalue weighted by molar-refractivity contribution is 0.288. The van der Waals surface area contributed by atoms with Crippen LogP contribution in [0.1, 0.15) is 11.1 Å². The van der Waals surface area contributed by atoms with Gasteiger partial charge in [-0.25, -0.2) is 0 Å². The topological polar surface area (TPSA) is 12.5 Å². The third-order valence-corrected chi connectivity index (χ3v) is 3.69. The third-order valence-electron chi connectivity index (χ3n) is 3.69. The Hall–Kier alpha value is -2.22. The van der Waals surface area contributed by atoms with Crippen LogP contribution in [-0.2, 0) is 6.42 Å². The van der Waals surface area contributed by atoms with Gasteiger partial charge in [-0.05, 0) is 24.1 Å². The van der Waals surface area contributed by atoms with Crippen LogP contribution in [0.15, 0.2) is 60.3 Å². The summed E-state index contributed by atoms with van der Waals surface area (Å²) in [7, 11) is 2.13. The molecule has 20 heavy (non-hydrogen) atoms. The van der Waals surface area contributed by atoms with E-state index in [1.165, 1.54) is 16.8 Å². The molecule has 2 nitrogen and oxygen atoms in total. The Bertz CT molecular complexity index is 604. The van der Waals surface area contributed by atoms with Gasteiger partial charge in [0.15, 0.2) is 0 Å². The summed E-state index contributed by atoms with van der Waals surface area (Å²) in [6.07, 6.45) is 3.28. The average molecular weight is 265 g/mol. The standard InChI is InChI=1S/C18H19NO/c1-19(12-11-15-7-3-2-4-8-15)17-13-16-9-5-6-10-18(16)20-14-17/h2-10,13H,11-12,14H2,1H3. The van der Waals surface area contributed by atoms with Crippen LogP contribution in [0.5, 0.6) is 5.75 Å². The van der Waals surface area contributed by atoms with Gasteiger partial charge < -0.3 is 9.64 Å². The maximum absolute atomic E-state index is 5.80. The summed E-state index contributed by atoms with van der Waals surface area (Å²) in [5.41, 5.74) is 3.78. The van der Waals surface area contributed by atoms with Crippen LogP contribution >= 0.6 is 0 Å². The van der Waals surface area contributed by atoms with Crippen LogP contribution in [0.25, 0.3) is 6.08 Å². The number of hydrogen-bond donors (Lipinski definition) is 0. The van der Waals surface area contributed by atoms with Crippen LogP contribution in [0.2, 0.25) is 0 Å². The molecule has 0 spiro atoms. The largest absolute Gasteiger partial charge is 0.487 e. The van der Waals surface area contributed by atoms with Crippen LogP contribution in [0.4, 0.5) is 0 Å². The molecule has 2 heteroatoms. The number of likely N-dealkylation sites (N-methyl/N-ethyl adjacent to an activating group) is 1. The molecule has 0 aliphatic carbocycles. The molecule has 0 bridgehead atoms. The Kier molecular flexibility index (Phi) is 3.73. The van der Waals surface area contributed by atoms with E-state index < -0.39 is 0 Å². The lowest BCUT2D eigenvalue weighted by Crippen LogP contribution is -2.26. The molecule has 1 heterocycles. The highest BCUT2D eigenvalue weighted by Crippen LogP contribution is 2.26. The van der Waals surface area contributed by atoms with Crippen molar-refractivity contribution in [3.05, 3.63) is 71.4 Å². The molecular weight excluding hydrogens is 246 g/mol. The first-order valence-electron chi connectivity index (χ1n) is 7.00. The van der Waals surface area contributed by atoms with Crippen molar-refractivity contribution in [2.45, 2.75) is 6.42 Å². The van der Waals surface area contributed by atoms with Crippen molar-refractivity contribution in [2.75, 3.05) is 20.2 Å². The number of para-hydroxylation sites is 1. The number of nitrogens with zero attached hydrogens (tertiary/aromatic N) is 1. The number of rotatable bonds is 4. The van der Waals surface area contributed by atoms with E-state index >= 15 is 0 Å². The first-order valence-corrected chi connectivity index (χ1v) is 7.00. The van der Waals surface area contributed by atoms with Gasteiger partial charge in [0.25, 0.3) is 0 Å². The molecule has 102 valence electrons. The van der Waals surface area contributed by atoms with E-state index in [1.54, 1.807) is 0 Å². The molecule has 0 N–H and O–H groups in total. The highest BCUT2D eigenvalue weighted by atomic mass is 16.5. The maximum atomic E-state index is 5.80. The van der Waals surface area contributed by atoms with E-state index in [2.05, 4.69) is 54.4 Å². The van der Waals surface area contributed by atoms with Gasteiger partial charge in [-0.3, -0.25) is 0 Å². The van der Waals surface area contributed by atoms with Crippen molar-refractivity contribution < 1.29 is 4.74 Å². The van der Waals surface area contributed by atoms with Crippen molar-refractivity contribution in [2.24, 2.45) is 0 Å². The molecule has 2 aromatic carbocycles. The summed E-state index contributed by atoms with van der Waals surface area (Å²) in [6.45, 7) is 1.66. The van der Waals surface area contributed by atoms with E-state index in [1.807, 2.05) is 18.2 Å². The van der Waals surface area contributed by atoms with E-state index in [0.717, 1.165) is 18.7 Å². The first kappa shape index (κ1) is 12.8. The van der Waals surface area contributed by atoms with Gasteiger partial charge in [-0.15, -0.1) is 0 Å². The smallest absolute Gasteiger partial charge is 0.128 e. The number of fused-ring (bicyclic) bond motifs is 1. The van der Waals surface area contributed by atoms with Crippen LogP contribution in [-0.4, -0.2) is 25.1 Å². The number of ether oxygens (including phenoxy) is 1. The Morgan fingerprint density at radius 1 is 1.00 bits per heavy atom. The van der Waals surface area contributed by atoms with E-state index in [4.69, 9.17) is 4.74 Å². The molecule has 0 amide bonds. The second-order valence-corrected chi connectivity index (χ2v) is 5.12. The SMILES string of the molecule is CN(CCc1ccccc1)C1=Cc2ccccc2OC1. The molecule has 0 atom stereocenters. The molecule has 0 radical (unpaired) electrons. The molecule has 0 saturated heterocycles. The van der Waals surface area contributed by atoms with Crippen molar-refractivity contribution >= 4 is 6.08 Å². The normalized spacial score (nSPS) is 13.2. The molecule has 2 aromatic rings. The summed E-state index contributed by atoms with van der Waals surface area (Å²) in [4.78, 5) is 2.28. The van der Waals surface area contributed by atoms with Gasteiger partial charge in [0, 0.05) is 19.2 Å². The van der Waals surface area contributed by atoms with Crippen LogP contribution in [0, 0.1) is 0 Å². The maximum Gasteiger partial charge on any atom is 0.128 e. The van der Waals surface area contributed by atoms with Gasteiger partial charge in [0.1, 0.15) is 12.4 Å². The van der Waals surface area contributed by atoms with E-state index in [0.29, 0.717) is 6.61 Å².